The van der Waals surface area contributed by atoms with Crippen molar-refractivity contribution in [2.75, 3.05) is 33.5 Å². The molecule has 0 aliphatic carbocycles. The van der Waals surface area contributed by atoms with Crippen molar-refractivity contribution in [1.82, 2.24) is 5.32 Å². The first-order valence-electron chi connectivity index (χ1n) is 8.09. The molecule has 21 heavy (non-hydrogen) atoms. The Hall–Kier alpha value is -0.900. The summed E-state index contributed by atoms with van der Waals surface area (Å²) >= 11 is 0. The molecule has 0 amide bonds. The summed E-state index contributed by atoms with van der Waals surface area (Å²) in [4.78, 5) is 0. The molecule has 0 aromatic heterocycles. The van der Waals surface area contributed by atoms with Gasteiger partial charge in [0.05, 0.1) is 12.6 Å². The third kappa shape index (κ3) is 7.07. The van der Waals surface area contributed by atoms with Gasteiger partial charge in [0.2, 0.25) is 0 Å². The second-order valence-corrected chi connectivity index (χ2v) is 5.75. The van der Waals surface area contributed by atoms with Gasteiger partial charge < -0.3 is 14.8 Å². The molecule has 0 heterocycles. The molecule has 0 radical (unpaired) electrons. The van der Waals surface area contributed by atoms with Crippen LogP contribution in [-0.2, 0) is 9.47 Å². The lowest BCUT2D eigenvalue weighted by Gasteiger charge is -2.20. The van der Waals surface area contributed by atoms with E-state index >= 15 is 0 Å². The third-order valence-corrected chi connectivity index (χ3v) is 3.57. The second kappa shape index (κ2) is 10.8. The molecular formula is C18H31NO2. The van der Waals surface area contributed by atoms with E-state index in [1.54, 1.807) is 7.11 Å². The van der Waals surface area contributed by atoms with Crippen molar-refractivity contribution in [3.8, 4) is 0 Å². The molecule has 0 fully saturated rings. The van der Waals surface area contributed by atoms with Crippen molar-refractivity contribution in [2.45, 2.75) is 45.6 Å². The minimum Gasteiger partial charge on any atom is -0.385 e. The van der Waals surface area contributed by atoms with E-state index in [4.69, 9.17) is 9.47 Å². The smallest absolute Gasteiger partial charge is 0.0661 e. The largest absolute Gasteiger partial charge is 0.385 e. The topological polar surface area (TPSA) is 30.5 Å². The summed E-state index contributed by atoms with van der Waals surface area (Å²) in [6, 6.07) is 9.17. The van der Waals surface area contributed by atoms with Gasteiger partial charge in [-0.3, -0.25) is 0 Å². The molecule has 1 aromatic rings. The van der Waals surface area contributed by atoms with Crippen molar-refractivity contribution in [3.63, 3.8) is 0 Å². The average Bonchev–Trinajstić information content (AvgIpc) is 2.50. The third-order valence-electron chi connectivity index (χ3n) is 3.57. The van der Waals surface area contributed by atoms with Crippen molar-refractivity contribution < 1.29 is 9.47 Å². The molecule has 1 N–H and O–H groups in total. The zero-order chi connectivity index (χ0) is 15.5. The molecule has 1 atom stereocenters. The van der Waals surface area contributed by atoms with E-state index in [0.717, 1.165) is 32.6 Å². The summed E-state index contributed by atoms with van der Waals surface area (Å²) in [7, 11) is 1.72. The molecule has 0 saturated carbocycles. The predicted octanol–water partition coefficient (Wildman–Crippen LogP) is 3.90. The van der Waals surface area contributed by atoms with E-state index < -0.39 is 0 Å². The highest BCUT2D eigenvalue weighted by molar-refractivity contribution is 5.27. The molecule has 0 aliphatic heterocycles. The SMILES string of the molecule is CCCNC(COCCCOC)c1ccc(C(C)C)cc1. The molecule has 0 saturated heterocycles. The Labute approximate surface area is 130 Å². The number of benzene rings is 1. The summed E-state index contributed by atoms with van der Waals surface area (Å²) in [6.45, 7) is 9.87. The normalized spacial score (nSPS) is 12.8. The van der Waals surface area contributed by atoms with Crippen molar-refractivity contribution in [3.05, 3.63) is 35.4 Å². The zero-order valence-electron chi connectivity index (χ0n) is 14.0. The van der Waals surface area contributed by atoms with Gasteiger partial charge in [0, 0.05) is 20.3 Å². The molecule has 0 aliphatic rings. The van der Waals surface area contributed by atoms with E-state index in [0.29, 0.717) is 12.5 Å². The maximum absolute atomic E-state index is 5.78. The fraction of sp³-hybridized carbons (Fsp3) is 0.667. The van der Waals surface area contributed by atoms with Gasteiger partial charge in [-0.2, -0.15) is 0 Å². The molecule has 3 nitrogen and oxygen atoms in total. The lowest BCUT2D eigenvalue weighted by molar-refractivity contribution is 0.0875. The van der Waals surface area contributed by atoms with Crippen LogP contribution >= 0.6 is 0 Å². The first-order valence-corrected chi connectivity index (χ1v) is 8.09. The Bertz CT molecular complexity index is 362. The van der Waals surface area contributed by atoms with Gasteiger partial charge in [0.25, 0.3) is 0 Å². The number of rotatable bonds is 11. The molecule has 0 spiro atoms. The van der Waals surface area contributed by atoms with Crippen LogP contribution < -0.4 is 5.32 Å². The molecule has 120 valence electrons. The van der Waals surface area contributed by atoms with Gasteiger partial charge in [0.15, 0.2) is 0 Å². The Morgan fingerprint density at radius 2 is 1.71 bits per heavy atom. The fourth-order valence-electron chi connectivity index (χ4n) is 2.21. The number of methoxy groups -OCH3 is 1. The lowest BCUT2D eigenvalue weighted by atomic mass is 9.99. The summed E-state index contributed by atoms with van der Waals surface area (Å²) < 4.78 is 10.8. The summed E-state index contributed by atoms with van der Waals surface area (Å²) in [5.41, 5.74) is 2.69. The van der Waals surface area contributed by atoms with Gasteiger partial charge in [-0.1, -0.05) is 45.0 Å². The van der Waals surface area contributed by atoms with Crippen LogP contribution in [0.15, 0.2) is 24.3 Å². The van der Waals surface area contributed by atoms with Crippen LogP contribution in [0.1, 0.15) is 56.7 Å². The van der Waals surface area contributed by atoms with Crippen molar-refractivity contribution in [2.24, 2.45) is 0 Å². The number of hydrogen-bond acceptors (Lipinski definition) is 3. The second-order valence-electron chi connectivity index (χ2n) is 5.75. The van der Waals surface area contributed by atoms with Crippen molar-refractivity contribution in [1.29, 1.82) is 0 Å². The molecule has 3 heteroatoms. The minimum absolute atomic E-state index is 0.272. The average molecular weight is 293 g/mol. The van der Waals surface area contributed by atoms with Gasteiger partial charge in [-0.05, 0) is 36.4 Å². The quantitative estimate of drug-likeness (QED) is 0.628. The lowest BCUT2D eigenvalue weighted by Crippen LogP contribution is -2.26. The number of ether oxygens (including phenoxy) is 2. The van der Waals surface area contributed by atoms with E-state index in [2.05, 4.69) is 50.4 Å². The van der Waals surface area contributed by atoms with E-state index in [1.165, 1.54) is 11.1 Å². The molecule has 1 aromatic carbocycles. The van der Waals surface area contributed by atoms with E-state index in [-0.39, 0.29) is 6.04 Å². The molecule has 0 bridgehead atoms. The standard InChI is InChI=1S/C18H31NO2/c1-5-11-19-18(14-21-13-6-12-20-4)17-9-7-16(8-10-17)15(2)3/h7-10,15,18-19H,5-6,11-14H2,1-4H3. The van der Waals surface area contributed by atoms with E-state index in [9.17, 15) is 0 Å². The maximum Gasteiger partial charge on any atom is 0.0661 e. The summed E-state index contributed by atoms with van der Waals surface area (Å²) in [5.74, 6) is 0.575. The molecular weight excluding hydrogens is 262 g/mol. The van der Waals surface area contributed by atoms with Gasteiger partial charge in [-0.25, -0.2) is 0 Å². The summed E-state index contributed by atoms with van der Waals surface area (Å²) in [6.07, 6.45) is 2.08. The van der Waals surface area contributed by atoms with Crippen LogP contribution in [0.5, 0.6) is 0 Å². The first-order chi connectivity index (χ1) is 10.2. The maximum atomic E-state index is 5.78. The molecule has 1 unspecified atom stereocenters. The zero-order valence-corrected chi connectivity index (χ0v) is 14.0. The van der Waals surface area contributed by atoms with E-state index in [1.807, 2.05) is 0 Å². The van der Waals surface area contributed by atoms with Crippen LogP contribution in [-0.4, -0.2) is 33.5 Å². The van der Waals surface area contributed by atoms with Gasteiger partial charge >= 0.3 is 0 Å². The Kier molecular flexibility index (Phi) is 9.31. The Morgan fingerprint density at radius 1 is 1.05 bits per heavy atom. The van der Waals surface area contributed by atoms with Crippen LogP contribution in [0.2, 0.25) is 0 Å². The Balaban J connectivity index is 2.54. The molecule has 1 rings (SSSR count). The highest BCUT2D eigenvalue weighted by Crippen LogP contribution is 2.19. The van der Waals surface area contributed by atoms with Crippen LogP contribution in [0, 0.1) is 0 Å². The van der Waals surface area contributed by atoms with Crippen molar-refractivity contribution >= 4 is 0 Å². The highest BCUT2D eigenvalue weighted by Gasteiger charge is 2.11. The number of hydrogen-bond donors (Lipinski definition) is 1. The van der Waals surface area contributed by atoms with Gasteiger partial charge in [0.1, 0.15) is 0 Å². The van der Waals surface area contributed by atoms with Crippen LogP contribution in [0.25, 0.3) is 0 Å². The first kappa shape index (κ1) is 18.1. The van der Waals surface area contributed by atoms with Crippen LogP contribution in [0.4, 0.5) is 0 Å². The van der Waals surface area contributed by atoms with Crippen LogP contribution in [0.3, 0.4) is 0 Å². The number of nitrogens with one attached hydrogen (secondary N) is 1. The predicted molar refractivity (Wildman–Crippen MR) is 88.9 cm³/mol. The summed E-state index contributed by atoms with van der Waals surface area (Å²) in [5, 5.41) is 3.57. The fourth-order valence-corrected chi connectivity index (χ4v) is 2.21. The Morgan fingerprint density at radius 3 is 2.29 bits per heavy atom. The monoisotopic (exact) mass is 293 g/mol. The highest BCUT2D eigenvalue weighted by atomic mass is 16.5. The van der Waals surface area contributed by atoms with Gasteiger partial charge in [-0.15, -0.1) is 0 Å². The minimum atomic E-state index is 0.272.